The lowest BCUT2D eigenvalue weighted by molar-refractivity contribution is 0.596. The van der Waals surface area contributed by atoms with Gasteiger partial charge in [0.1, 0.15) is 0 Å². The molecule has 2 heteroatoms. The molecule has 0 saturated heterocycles. The van der Waals surface area contributed by atoms with Gasteiger partial charge in [0.2, 0.25) is 0 Å². The lowest BCUT2D eigenvalue weighted by atomic mass is 9.70. The molecule has 0 aliphatic heterocycles. The first-order valence-electron chi connectivity index (χ1n) is 22.4. The predicted octanol–water partition coefficient (Wildman–Crippen LogP) is 17.5. The second-order valence-electron chi connectivity index (χ2n) is 18.4. The summed E-state index contributed by atoms with van der Waals surface area (Å²) in [6.07, 6.45) is 6.11. The number of nitrogens with zero attached hydrogens (tertiary/aromatic N) is 1. The molecule has 0 bridgehead atoms. The summed E-state index contributed by atoms with van der Waals surface area (Å²) in [6.45, 7) is 13.2. The predicted molar refractivity (Wildman–Crippen MR) is 276 cm³/mol. The van der Waals surface area contributed by atoms with Crippen LogP contribution in [0.2, 0.25) is 0 Å². The molecule has 0 unspecified atom stereocenters. The van der Waals surface area contributed by atoms with Crippen molar-refractivity contribution in [3.63, 3.8) is 0 Å². The van der Waals surface area contributed by atoms with E-state index in [0.29, 0.717) is 0 Å². The van der Waals surface area contributed by atoms with E-state index in [9.17, 15) is 0 Å². The largest absolute Gasteiger partial charge is 0.309 e. The summed E-state index contributed by atoms with van der Waals surface area (Å²) in [6, 6.07) is 68.8. The first-order valence-corrected chi connectivity index (χ1v) is 23.2. The van der Waals surface area contributed by atoms with E-state index in [0.717, 1.165) is 17.1 Å². The summed E-state index contributed by atoms with van der Waals surface area (Å²) in [5.41, 5.74) is 18.6. The Kier molecular flexibility index (Phi) is 8.64. The molecule has 10 aromatic rings. The van der Waals surface area contributed by atoms with Crippen molar-refractivity contribution in [3.05, 3.63) is 239 Å². The van der Waals surface area contributed by atoms with Gasteiger partial charge in [-0.3, -0.25) is 0 Å². The van der Waals surface area contributed by atoms with Gasteiger partial charge >= 0.3 is 0 Å². The van der Waals surface area contributed by atoms with Crippen LogP contribution < -0.4 is 4.90 Å². The quantitative estimate of drug-likeness (QED) is 0.151. The van der Waals surface area contributed by atoms with Crippen LogP contribution in [0, 0.1) is 6.92 Å². The van der Waals surface area contributed by atoms with Crippen LogP contribution in [0.15, 0.2) is 201 Å². The number of aryl methyl sites for hydroxylation is 1. The second-order valence-corrected chi connectivity index (χ2v) is 19.5. The van der Waals surface area contributed by atoms with Gasteiger partial charge in [-0.25, -0.2) is 0 Å². The maximum atomic E-state index is 3.97. The summed E-state index contributed by atoms with van der Waals surface area (Å²) in [7, 11) is 0. The van der Waals surface area contributed by atoms with Crippen molar-refractivity contribution >= 4 is 66.1 Å². The van der Waals surface area contributed by atoms with Crippen molar-refractivity contribution in [1.82, 2.24) is 0 Å². The van der Waals surface area contributed by atoms with Crippen molar-refractivity contribution < 1.29 is 0 Å². The van der Waals surface area contributed by atoms with Crippen molar-refractivity contribution in [3.8, 4) is 33.4 Å². The van der Waals surface area contributed by atoms with Crippen LogP contribution in [-0.2, 0) is 10.8 Å². The Morgan fingerprint density at radius 1 is 0.531 bits per heavy atom. The minimum atomic E-state index is -0.415. The van der Waals surface area contributed by atoms with Gasteiger partial charge in [0, 0.05) is 31.6 Å². The molecular weight excluding hydrogens is 791 g/mol. The van der Waals surface area contributed by atoms with Crippen molar-refractivity contribution in [2.75, 3.05) is 4.90 Å². The van der Waals surface area contributed by atoms with Gasteiger partial charge in [0.15, 0.2) is 0 Å². The fourth-order valence-electron chi connectivity index (χ4n) is 11.3. The third-order valence-corrected chi connectivity index (χ3v) is 15.2. The van der Waals surface area contributed by atoms with E-state index in [1.54, 1.807) is 0 Å². The number of fused-ring (bicyclic) bond motifs is 13. The van der Waals surface area contributed by atoms with Crippen molar-refractivity contribution in [1.29, 1.82) is 0 Å². The molecule has 1 heterocycles. The summed E-state index contributed by atoms with van der Waals surface area (Å²) < 4.78 is 1.28. The minimum absolute atomic E-state index is 0.0413. The smallest absolute Gasteiger partial charge is 0.0725 e. The maximum absolute atomic E-state index is 3.97. The summed E-state index contributed by atoms with van der Waals surface area (Å²) in [5, 5.41) is 6.25. The van der Waals surface area contributed by atoms with E-state index in [2.05, 4.69) is 227 Å². The number of hydrogen-bond acceptors (Lipinski definition) is 2. The Hall–Kier alpha value is -7.26. The highest BCUT2D eigenvalue weighted by Gasteiger charge is 2.51. The summed E-state index contributed by atoms with van der Waals surface area (Å²) in [5.74, 6) is 0. The number of anilines is 3. The van der Waals surface area contributed by atoms with E-state index in [4.69, 9.17) is 0 Å². The Labute approximate surface area is 379 Å². The third kappa shape index (κ3) is 5.42. The molecule has 1 spiro atoms. The Bertz CT molecular complexity index is 3540. The molecule has 306 valence electrons. The lowest BCUT2D eigenvalue weighted by Crippen LogP contribution is -2.25. The Balaban J connectivity index is 1.19. The zero-order chi connectivity index (χ0) is 43.3. The van der Waals surface area contributed by atoms with Gasteiger partial charge in [-0.15, -0.1) is 11.3 Å². The molecule has 0 amide bonds. The third-order valence-electron chi connectivity index (χ3n) is 14.0. The molecule has 2 aliphatic rings. The molecule has 12 rings (SSSR count). The van der Waals surface area contributed by atoms with Gasteiger partial charge in [0.25, 0.3) is 0 Å². The molecule has 0 saturated carbocycles. The van der Waals surface area contributed by atoms with E-state index < -0.39 is 5.41 Å². The van der Waals surface area contributed by atoms with Crippen LogP contribution in [0.25, 0.3) is 71.1 Å². The van der Waals surface area contributed by atoms with Crippen molar-refractivity contribution in [2.24, 2.45) is 0 Å². The Morgan fingerprint density at radius 3 is 1.80 bits per heavy atom. The number of rotatable bonds is 6. The van der Waals surface area contributed by atoms with E-state index in [1.165, 1.54) is 103 Å². The topological polar surface area (TPSA) is 3.24 Å². The molecule has 64 heavy (non-hydrogen) atoms. The van der Waals surface area contributed by atoms with Crippen molar-refractivity contribution in [2.45, 2.75) is 38.5 Å². The zero-order valence-corrected chi connectivity index (χ0v) is 37.4. The number of benzene rings is 9. The molecule has 9 aromatic carbocycles. The molecule has 0 radical (unpaired) electrons. The maximum Gasteiger partial charge on any atom is 0.0725 e. The second kappa shape index (κ2) is 14.4. The molecule has 1 nitrogen and oxygen atoms in total. The highest BCUT2D eigenvalue weighted by Crippen LogP contribution is 2.63. The lowest BCUT2D eigenvalue weighted by Gasteiger charge is -2.33. The van der Waals surface area contributed by atoms with Gasteiger partial charge in [-0.2, -0.15) is 0 Å². The number of thiophene rings is 1. The zero-order valence-electron chi connectivity index (χ0n) is 36.6. The molecule has 2 aliphatic carbocycles. The van der Waals surface area contributed by atoms with Gasteiger partial charge in [-0.05, 0) is 126 Å². The van der Waals surface area contributed by atoms with Crippen LogP contribution in [0.4, 0.5) is 17.1 Å². The molecule has 0 atom stereocenters. The van der Waals surface area contributed by atoms with Gasteiger partial charge in [0.05, 0.1) is 16.8 Å². The van der Waals surface area contributed by atoms with Crippen LogP contribution in [0.1, 0.15) is 59.0 Å². The van der Waals surface area contributed by atoms with E-state index in [1.807, 2.05) is 23.5 Å². The molecule has 1 aromatic heterocycles. The SMILES string of the molecule is C=C/C=C\c1sc2cccc(-c3c(N(c4ccc5c(c4)-c4ccccc4C54c5ccccc5-c5ccccc54)c4ccc(C(C)(C)C)c5ccccc45)ccc4ccccc34)c2c1C. The van der Waals surface area contributed by atoms with Crippen LogP contribution in [0.3, 0.4) is 0 Å². The molecular formula is C62H47NS. The average molecular weight is 838 g/mol. The summed E-state index contributed by atoms with van der Waals surface area (Å²) in [4.78, 5) is 3.83. The Morgan fingerprint density at radius 2 is 1.11 bits per heavy atom. The minimum Gasteiger partial charge on any atom is -0.309 e. The van der Waals surface area contributed by atoms with E-state index >= 15 is 0 Å². The normalized spacial score (nSPS) is 13.4. The highest BCUT2D eigenvalue weighted by molar-refractivity contribution is 7.20. The fourth-order valence-corrected chi connectivity index (χ4v) is 12.5. The number of hydrogen-bond donors (Lipinski definition) is 0. The monoisotopic (exact) mass is 837 g/mol. The summed E-state index contributed by atoms with van der Waals surface area (Å²) >= 11 is 1.85. The van der Waals surface area contributed by atoms with Crippen LogP contribution in [-0.4, -0.2) is 0 Å². The number of allylic oxidation sites excluding steroid dienone is 2. The fraction of sp³-hybridized carbons (Fsp3) is 0.0968. The van der Waals surface area contributed by atoms with Gasteiger partial charge in [-0.1, -0.05) is 191 Å². The van der Waals surface area contributed by atoms with Crippen LogP contribution >= 0.6 is 11.3 Å². The standard InChI is InChI=1S/C62H47NS/c1-6-7-30-57-39(2)59-48(26-18-31-58(59)64-57)60-42-20-9-8-19-40(42)32-36-56(60)63(55-37-35-50(61(3,4)5)45-23-10-11-25-47(45)55)41-33-34-54-49(38-41)46-24-14-17-29-53(46)62(54)51-27-15-12-21-43(51)44-22-13-16-28-52(44)62/h6-38H,1H2,2-5H3/b30-7-. The first-order chi connectivity index (χ1) is 31.3. The molecule has 0 fully saturated rings. The average Bonchev–Trinajstić information content (AvgIpc) is 3.93. The molecule has 0 N–H and O–H groups in total. The van der Waals surface area contributed by atoms with Gasteiger partial charge < -0.3 is 4.90 Å². The van der Waals surface area contributed by atoms with E-state index in [-0.39, 0.29) is 5.41 Å². The highest BCUT2D eigenvalue weighted by atomic mass is 32.1. The first kappa shape index (κ1) is 38.4. The van der Waals surface area contributed by atoms with Crippen LogP contribution in [0.5, 0.6) is 0 Å².